The number of anilines is 1. The maximum absolute atomic E-state index is 13.8. The summed E-state index contributed by atoms with van der Waals surface area (Å²) in [5, 5.41) is 26.3. The number of phenolic OH excluding ortho intramolecular Hbond substituents is 2. The quantitative estimate of drug-likeness (QED) is 0.0314. The van der Waals surface area contributed by atoms with Gasteiger partial charge in [0.15, 0.2) is 11.5 Å². The van der Waals surface area contributed by atoms with Crippen LogP contribution in [-0.4, -0.2) is 49.3 Å². The van der Waals surface area contributed by atoms with Crippen molar-refractivity contribution in [2.24, 2.45) is 0 Å². The first-order chi connectivity index (χ1) is 25.1. The van der Waals surface area contributed by atoms with Crippen molar-refractivity contribution >= 4 is 56.8 Å². The number of hydrogen-bond donors (Lipinski definition) is 4. The molecule has 1 atom stereocenters. The molecular formula is C41H42N2O7PS+. The van der Waals surface area contributed by atoms with Crippen molar-refractivity contribution in [1.82, 2.24) is 4.72 Å². The second-order valence-electron chi connectivity index (χ2n) is 12.1. The Bertz CT molecular complexity index is 1980. The molecule has 0 heterocycles. The summed E-state index contributed by atoms with van der Waals surface area (Å²) in [5.41, 5.74) is 1.14. The van der Waals surface area contributed by atoms with Gasteiger partial charge >= 0.3 is 5.97 Å². The Labute approximate surface area is 305 Å². The molecule has 9 nitrogen and oxygen atoms in total. The number of carbonyl (C=O) groups excluding carboxylic acids is 2. The number of carbonyl (C=O) groups is 2. The van der Waals surface area contributed by atoms with E-state index in [0.717, 1.165) is 24.4 Å². The van der Waals surface area contributed by atoms with E-state index >= 15 is 0 Å². The highest BCUT2D eigenvalue weighted by atomic mass is 32.2. The van der Waals surface area contributed by atoms with Crippen LogP contribution in [-0.2, 0) is 24.3 Å². The number of unbranched alkanes of at least 4 members (excludes halogenated alkanes) is 1. The number of nitrogens with one attached hydrogen (secondary N) is 2. The van der Waals surface area contributed by atoms with Gasteiger partial charge in [-0.1, -0.05) is 66.7 Å². The van der Waals surface area contributed by atoms with E-state index in [1.54, 1.807) is 37.3 Å². The first kappa shape index (κ1) is 38.0. The summed E-state index contributed by atoms with van der Waals surface area (Å²) in [6, 6.07) is 40.1. The molecule has 268 valence electrons. The predicted molar refractivity (Wildman–Crippen MR) is 208 cm³/mol. The Hall–Kier alpha value is -5.28. The largest absolute Gasteiger partial charge is 0.504 e. The van der Waals surface area contributed by atoms with Crippen molar-refractivity contribution in [3.05, 3.63) is 145 Å². The molecule has 0 saturated carbocycles. The highest BCUT2D eigenvalue weighted by Gasteiger charge is 2.44. The minimum Gasteiger partial charge on any atom is -0.504 e. The van der Waals surface area contributed by atoms with Gasteiger partial charge in [0.05, 0.1) is 17.7 Å². The van der Waals surface area contributed by atoms with Gasteiger partial charge in [-0.15, -0.1) is 0 Å². The molecule has 0 aliphatic rings. The van der Waals surface area contributed by atoms with Crippen LogP contribution in [0.2, 0.25) is 0 Å². The zero-order valence-corrected chi connectivity index (χ0v) is 30.5. The zero-order valence-electron chi connectivity index (χ0n) is 28.8. The Morgan fingerprint density at radius 3 is 1.83 bits per heavy atom. The smallest absolute Gasteiger partial charge is 0.330 e. The van der Waals surface area contributed by atoms with E-state index in [1.165, 1.54) is 22.0 Å². The maximum Gasteiger partial charge on any atom is 0.330 e. The molecule has 5 aromatic rings. The minimum absolute atomic E-state index is 0.188. The fourth-order valence-corrected chi connectivity index (χ4v) is 11.7. The number of phenols is 2. The average molecular weight is 738 g/mol. The molecule has 0 bridgehead atoms. The summed E-state index contributed by atoms with van der Waals surface area (Å²) in [7, 11) is -6.42. The third kappa shape index (κ3) is 9.53. The van der Waals surface area contributed by atoms with Crippen molar-refractivity contribution in [1.29, 1.82) is 0 Å². The number of esters is 1. The summed E-state index contributed by atoms with van der Waals surface area (Å²) in [5.74, 6) is -2.08. The second kappa shape index (κ2) is 17.8. The van der Waals surface area contributed by atoms with Gasteiger partial charge in [-0.2, -0.15) is 4.72 Å². The lowest BCUT2D eigenvalue weighted by molar-refractivity contribution is -0.137. The minimum atomic E-state index is -4.29. The molecular weight excluding hydrogens is 695 g/mol. The Morgan fingerprint density at radius 1 is 0.750 bits per heavy atom. The highest BCUT2D eigenvalue weighted by molar-refractivity contribution is 7.95. The molecule has 0 radical (unpaired) electrons. The molecule has 0 unspecified atom stereocenters. The number of rotatable bonds is 16. The van der Waals surface area contributed by atoms with Crippen LogP contribution in [0.4, 0.5) is 5.69 Å². The molecule has 0 aromatic heterocycles. The lowest BCUT2D eigenvalue weighted by Crippen LogP contribution is -2.43. The van der Waals surface area contributed by atoms with Crippen LogP contribution < -0.4 is 26.0 Å². The zero-order chi connectivity index (χ0) is 37.0. The van der Waals surface area contributed by atoms with Gasteiger partial charge in [0, 0.05) is 17.8 Å². The number of hydrogen-bond acceptors (Lipinski definition) is 7. The van der Waals surface area contributed by atoms with Crippen LogP contribution in [0.1, 0.15) is 31.7 Å². The molecule has 5 aromatic carbocycles. The molecule has 0 aliphatic heterocycles. The Balaban J connectivity index is 1.39. The standard InChI is InChI=1S/C41H41N2O7PS/c1-2-50-40(46)28-23-31-21-24-32(25-22-31)42-41(47)37(43-52(48,49)36-26-27-38(44)39(45)30-36)20-12-13-29-51(33-14-6-3-7-15-33,34-16-8-4-9-17-34)35-18-10-5-11-19-35/h3-11,14-19,21-28,30,37,43H,2,12-13,20,29H2,1H3,(H2-,42,44,45,46,47)/p+1/t37-/m1/s1. The summed E-state index contributed by atoms with van der Waals surface area (Å²) >= 11 is 0. The topological polar surface area (TPSA) is 142 Å². The maximum atomic E-state index is 13.8. The lowest BCUT2D eigenvalue weighted by Gasteiger charge is -2.28. The second-order valence-corrected chi connectivity index (χ2v) is 17.4. The van der Waals surface area contributed by atoms with Crippen LogP contribution in [0.3, 0.4) is 0 Å². The predicted octanol–water partition coefficient (Wildman–Crippen LogP) is 6.12. The van der Waals surface area contributed by atoms with Gasteiger partial charge < -0.3 is 20.3 Å². The summed E-state index contributed by atoms with van der Waals surface area (Å²) in [6.45, 7) is 1.99. The van der Waals surface area contributed by atoms with E-state index in [-0.39, 0.29) is 17.9 Å². The molecule has 11 heteroatoms. The van der Waals surface area contributed by atoms with E-state index in [9.17, 15) is 28.2 Å². The summed E-state index contributed by atoms with van der Waals surface area (Å²) in [4.78, 5) is 25.2. The third-order valence-electron chi connectivity index (χ3n) is 8.57. The van der Waals surface area contributed by atoms with Crippen LogP contribution in [0, 0.1) is 0 Å². The SMILES string of the molecule is CCOC(=O)/C=C/c1ccc(NC(=O)[C@@H](CCCC[P+](c2ccccc2)(c2ccccc2)c2ccccc2)NS(=O)(=O)c2ccc(O)c(O)c2)cc1. The van der Waals surface area contributed by atoms with Crippen molar-refractivity contribution in [2.45, 2.75) is 37.1 Å². The van der Waals surface area contributed by atoms with Crippen LogP contribution in [0.5, 0.6) is 11.5 Å². The van der Waals surface area contributed by atoms with Gasteiger partial charge in [-0.3, -0.25) is 4.79 Å². The molecule has 4 N–H and O–H groups in total. The van der Waals surface area contributed by atoms with Crippen LogP contribution in [0.15, 0.2) is 144 Å². The van der Waals surface area contributed by atoms with E-state index in [1.807, 2.05) is 18.2 Å². The summed E-state index contributed by atoms with van der Waals surface area (Å²) in [6.07, 6.45) is 5.10. The monoisotopic (exact) mass is 737 g/mol. The van der Waals surface area contributed by atoms with Crippen molar-refractivity contribution < 1.29 is 33.0 Å². The first-order valence-corrected chi connectivity index (χ1v) is 20.4. The number of benzene rings is 5. The number of ether oxygens (including phenoxy) is 1. The first-order valence-electron chi connectivity index (χ1n) is 17.0. The van der Waals surface area contributed by atoms with Gasteiger partial charge in [0.2, 0.25) is 15.9 Å². The van der Waals surface area contributed by atoms with E-state index in [0.29, 0.717) is 24.1 Å². The fourth-order valence-electron chi connectivity index (χ4n) is 6.01. The molecule has 52 heavy (non-hydrogen) atoms. The Morgan fingerprint density at radius 2 is 1.31 bits per heavy atom. The van der Waals surface area contributed by atoms with Crippen molar-refractivity contribution in [2.75, 3.05) is 18.1 Å². The highest BCUT2D eigenvalue weighted by Crippen LogP contribution is 2.56. The fraction of sp³-hybridized carbons (Fsp3) is 0.171. The molecule has 5 rings (SSSR count). The van der Waals surface area contributed by atoms with Crippen LogP contribution >= 0.6 is 7.26 Å². The average Bonchev–Trinajstić information content (AvgIpc) is 3.16. The van der Waals surface area contributed by atoms with Crippen molar-refractivity contribution in [3.63, 3.8) is 0 Å². The number of amides is 1. The summed E-state index contributed by atoms with van der Waals surface area (Å²) < 4.78 is 34.5. The van der Waals surface area contributed by atoms with Gasteiger partial charge in [-0.25, -0.2) is 13.2 Å². The normalized spacial score (nSPS) is 12.3. The molecule has 1 amide bonds. The van der Waals surface area contributed by atoms with Gasteiger partial charge in [-0.05, 0) is 98.5 Å². The molecule has 0 spiro atoms. The van der Waals surface area contributed by atoms with Crippen molar-refractivity contribution in [3.8, 4) is 11.5 Å². The van der Waals surface area contributed by atoms with E-state index < -0.39 is 46.7 Å². The van der Waals surface area contributed by atoms with Gasteiger partial charge in [0.1, 0.15) is 29.2 Å². The lowest BCUT2D eigenvalue weighted by atomic mass is 10.1. The number of aromatic hydroxyl groups is 2. The third-order valence-corrected chi connectivity index (χ3v) is 14.6. The van der Waals surface area contributed by atoms with Gasteiger partial charge in [0.25, 0.3) is 0 Å². The Kier molecular flexibility index (Phi) is 13.0. The van der Waals surface area contributed by atoms with E-state index in [4.69, 9.17) is 4.74 Å². The molecule has 0 fully saturated rings. The number of sulfonamides is 1. The van der Waals surface area contributed by atoms with E-state index in [2.05, 4.69) is 82.8 Å². The van der Waals surface area contributed by atoms with Crippen LogP contribution in [0.25, 0.3) is 6.08 Å². The molecule has 0 saturated heterocycles. The molecule has 0 aliphatic carbocycles.